The van der Waals surface area contributed by atoms with E-state index in [2.05, 4.69) is 28.2 Å². The normalized spacial score (nSPS) is 10.2. The molecule has 0 spiro atoms. The summed E-state index contributed by atoms with van der Waals surface area (Å²) in [6.45, 7) is 2.10. The van der Waals surface area contributed by atoms with E-state index in [1.807, 2.05) is 18.2 Å². The Balaban J connectivity index is 2.38. The number of hydrogen-bond acceptors (Lipinski definition) is 4. The topological polar surface area (TPSA) is 47.6 Å². The average molecular weight is 364 g/mol. The van der Waals surface area contributed by atoms with Crippen molar-refractivity contribution in [3.63, 3.8) is 0 Å². The van der Waals surface area contributed by atoms with Crippen molar-refractivity contribution in [2.24, 2.45) is 0 Å². The molecule has 0 radical (unpaired) electrons. The molecule has 2 rings (SSSR count). The fraction of sp³-hybridized carbons (Fsp3) is 0.235. The van der Waals surface area contributed by atoms with Crippen LogP contribution in [0, 0.1) is 0 Å². The minimum Gasteiger partial charge on any atom is -0.497 e. The van der Waals surface area contributed by atoms with E-state index in [-0.39, 0.29) is 0 Å². The van der Waals surface area contributed by atoms with E-state index < -0.39 is 5.97 Å². The molecule has 2 aromatic carbocycles. The van der Waals surface area contributed by atoms with Gasteiger partial charge >= 0.3 is 5.97 Å². The summed E-state index contributed by atoms with van der Waals surface area (Å²) in [6, 6.07) is 11.2. The van der Waals surface area contributed by atoms with Crippen LogP contribution in [0.4, 0.5) is 11.4 Å². The molecule has 0 atom stereocenters. The van der Waals surface area contributed by atoms with E-state index in [1.54, 1.807) is 25.3 Å². The summed E-state index contributed by atoms with van der Waals surface area (Å²) >= 11 is 3.55. The largest absolute Gasteiger partial charge is 0.497 e. The van der Waals surface area contributed by atoms with E-state index in [0.717, 1.165) is 16.6 Å². The molecule has 0 heterocycles. The van der Waals surface area contributed by atoms with E-state index >= 15 is 0 Å². The predicted molar refractivity (Wildman–Crippen MR) is 91.1 cm³/mol. The molecule has 0 bridgehead atoms. The summed E-state index contributed by atoms with van der Waals surface area (Å²) in [6.07, 6.45) is 0.952. The van der Waals surface area contributed by atoms with Crippen LogP contribution in [0.3, 0.4) is 0 Å². The van der Waals surface area contributed by atoms with Crippen molar-refractivity contribution in [3.8, 4) is 5.75 Å². The summed E-state index contributed by atoms with van der Waals surface area (Å²) in [7, 11) is 2.95. The maximum Gasteiger partial charge on any atom is 0.339 e. The highest BCUT2D eigenvalue weighted by Crippen LogP contribution is 2.29. The Morgan fingerprint density at radius 3 is 2.55 bits per heavy atom. The number of nitrogens with one attached hydrogen (secondary N) is 1. The van der Waals surface area contributed by atoms with Gasteiger partial charge in [0.2, 0.25) is 0 Å². The molecule has 116 valence electrons. The Morgan fingerprint density at radius 1 is 1.18 bits per heavy atom. The van der Waals surface area contributed by atoms with Crippen LogP contribution in [0.5, 0.6) is 5.75 Å². The van der Waals surface area contributed by atoms with Gasteiger partial charge in [-0.2, -0.15) is 0 Å². The molecule has 0 aromatic heterocycles. The monoisotopic (exact) mass is 363 g/mol. The molecule has 5 heteroatoms. The number of carbonyl (C=O) groups is 1. The molecule has 0 unspecified atom stereocenters. The standard InChI is InChI=1S/C17H18BrNO3/c1-4-11-5-6-12(9-15(11)18)19-16-10-13(21-2)7-8-14(16)17(20)22-3/h5-10,19H,4H2,1-3H3. The minimum atomic E-state index is -0.394. The van der Waals surface area contributed by atoms with E-state index in [4.69, 9.17) is 9.47 Å². The van der Waals surface area contributed by atoms with Gasteiger partial charge in [0.15, 0.2) is 0 Å². The number of halogens is 1. The van der Waals surface area contributed by atoms with Crippen LogP contribution in [0.25, 0.3) is 0 Å². The van der Waals surface area contributed by atoms with Crippen LogP contribution in [0.2, 0.25) is 0 Å². The number of hydrogen-bond donors (Lipinski definition) is 1. The SMILES string of the molecule is CCc1ccc(Nc2cc(OC)ccc2C(=O)OC)cc1Br. The summed E-state index contributed by atoms with van der Waals surface area (Å²) in [4.78, 5) is 11.9. The van der Waals surface area contributed by atoms with Crippen molar-refractivity contribution < 1.29 is 14.3 Å². The summed E-state index contributed by atoms with van der Waals surface area (Å²) in [5.74, 6) is 0.272. The lowest BCUT2D eigenvalue weighted by atomic mass is 10.1. The molecule has 0 aliphatic rings. The van der Waals surface area contributed by atoms with Crippen LogP contribution >= 0.6 is 15.9 Å². The van der Waals surface area contributed by atoms with Gasteiger partial charge in [-0.1, -0.05) is 28.9 Å². The summed E-state index contributed by atoms with van der Waals surface area (Å²) in [5, 5.41) is 3.24. The number of anilines is 2. The Labute approximate surface area is 138 Å². The number of carbonyl (C=O) groups excluding carboxylic acids is 1. The highest BCUT2D eigenvalue weighted by molar-refractivity contribution is 9.10. The zero-order chi connectivity index (χ0) is 16.1. The fourth-order valence-corrected chi connectivity index (χ4v) is 2.77. The van der Waals surface area contributed by atoms with Crippen LogP contribution in [-0.2, 0) is 11.2 Å². The zero-order valence-corrected chi connectivity index (χ0v) is 14.4. The second kappa shape index (κ2) is 7.31. The third kappa shape index (κ3) is 3.60. The number of rotatable bonds is 5. The molecular weight excluding hydrogens is 346 g/mol. The Morgan fingerprint density at radius 2 is 1.95 bits per heavy atom. The molecule has 0 amide bonds. The number of methoxy groups -OCH3 is 2. The molecule has 0 fully saturated rings. The van der Waals surface area contributed by atoms with Gasteiger partial charge in [-0.3, -0.25) is 0 Å². The lowest BCUT2D eigenvalue weighted by Crippen LogP contribution is -2.06. The number of benzene rings is 2. The van der Waals surface area contributed by atoms with Gasteiger partial charge < -0.3 is 14.8 Å². The lowest BCUT2D eigenvalue weighted by Gasteiger charge is -2.13. The summed E-state index contributed by atoms with van der Waals surface area (Å²) < 4.78 is 11.1. The van der Waals surface area contributed by atoms with Crippen molar-refractivity contribution in [1.29, 1.82) is 0 Å². The lowest BCUT2D eigenvalue weighted by molar-refractivity contribution is 0.0602. The highest BCUT2D eigenvalue weighted by Gasteiger charge is 2.13. The number of ether oxygens (including phenoxy) is 2. The van der Waals surface area contributed by atoms with Crippen LogP contribution in [0.1, 0.15) is 22.8 Å². The maximum atomic E-state index is 11.9. The zero-order valence-electron chi connectivity index (χ0n) is 12.8. The quantitative estimate of drug-likeness (QED) is 0.791. The van der Waals surface area contributed by atoms with Crippen molar-refractivity contribution in [1.82, 2.24) is 0 Å². The highest BCUT2D eigenvalue weighted by atomic mass is 79.9. The number of esters is 1. The second-order valence-corrected chi connectivity index (χ2v) is 5.54. The first kappa shape index (κ1) is 16.4. The Bertz CT molecular complexity index is 686. The van der Waals surface area contributed by atoms with Gasteiger partial charge in [-0.25, -0.2) is 4.79 Å². The van der Waals surface area contributed by atoms with Gasteiger partial charge in [0.05, 0.1) is 25.5 Å². The molecule has 0 aliphatic heterocycles. The fourth-order valence-electron chi connectivity index (χ4n) is 2.11. The second-order valence-electron chi connectivity index (χ2n) is 4.69. The molecule has 1 N–H and O–H groups in total. The van der Waals surface area contributed by atoms with Crippen molar-refractivity contribution in [2.75, 3.05) is 19.5 Å². The third-order valence-corrected chi connectivity index (χ3v) is 4.08. The predicted octanol–water partition coefficient (Wildman–Crippen LogP) is 4.55. The third-order valence-electron chi connectivity index (χ3n) is 3.35. The van der Waals surface area contributed by atoms with Gasteiger partial charge in [0.1, 0.15) is 5.75 Å². The first-order valence-electron chi connectivity index (χ1n) is 6.90. The molecule has 2 aromatic rings. The smallest absolute Gasteiger partial charge is 0.339 e. The van der Waals surface area contributed by atoms with Gasteiger partial charge in [-0.15, -0.1) is 0 Å². The first-order chi connectivity index (χ1) is 10.6. The van der Waals surface area contributed by atoms with E-state index in [1.165, 1.54) is 12.7 Å². The van der Waals surface area contributed by atoms with Gasteiger partial charge in [0, 0.05) is 16.2 Å². The molecule has 0 aliphatic carbocycles. The number of aryl methyl sites for hydroxylation is 1. The molecule has 22 heavy (non-hydrogen) atoms. The molecule has 0 saturated carbocycles. The molecule has 0 saturated heterocycles. The van der Waals surface area contributed by atoms with E-state index in [9.17, 15) is 4.79 Å². The van der Waals surface area contributed by atoms with Crippen molar-refractivity contribution in [3.05, 3.63) is 52.0 Å². The maximum absolute atomic E-state index is 11.9. The van der Waals surface area contributed by atoms with Gasteiger partial charge in [-0.05, 0) is 36.2 Å². The van der Waals surface area contributed by atoms with Crippen molar-refractivity contribution in [2.45, 2.75) is 13.3 Å². The van der Waals surface area contributed by atoms with Crippen molar-refractivity contribution >= 4 is 33.3 Å². The Kier molecular flexibility index (Phi) is 5.44. The average Bonchev–Trinajstić information content (AvgIpc) is 2.54. The van der Waals surface area contributed by atoms with Crippen LogP contribution < -0.4 is 10.1 Å². The summed E-state index contributed by atoms with van der Waals surface area (Å²) in [5.41, 5.74) is 3.20. The van der Waals surface area contributed by atoms with Crippen LogP contribution in [-0.4, -0.2) is 20.2 Å². The van der Waals surface area contributed by atoms with E-state index in [0.29, 0.717) is 17.0 Å². The molecule has 4 nitrogen and oxygen atoms in total. The first-order valence-corrected chi connectivity index (χ1v) is 7.70. The molecular formula is C17H18BrNO3. The van der Waals surface area contributed by atoms with Gasteiger partial charge in [0.25, 0.3) is 0 Å². The minimum absolute atomic E-state index is 0.394. The Hall–Kier alpha value is -2.01. The van der Waals surface area contributed by atoms with Crippen LogP contribution in [0.15, 0.2) is 40.9 Å².